The first-order valence-electron chi connectivity index (χ1n) is 6.21. The van der Waals surface area contributed by atoms with Crippen LogP contribution in [0.5, 0.6) is 5.75 Å². The van der Waals surface area contributed by atoms with Crippen molar-refractivity contribution in [2.24, 2.45) is 11.7 Å². The highest BCUT2D eigenvalue weighted by Gasteiger charge is 2.25. The molecule has 0 spiro atoms. The minimum Gasteiger partial charge on any atom is -0.490 e. The molecular formula is C13H19ClN2O3. The molecule has 1 aromatic carbocycles. The van der Waals surface area contributed by atoms with Crippen LogP contribution in [-0.4, -0.2) is 12.0 Å². The van der Waals surface area contributed by atoms with E-state index >= 15 is 0 Å². The van der Waals surface area contributed by atoms with Crippen molar-refractivity contribution in [2.45, 2.75) is 31.7 Å². The van der Waals surface area contributed by atoms with Crippen LogP contribution in [0.4, 0.5) is 5.69 Å². The van der Waals surface area contributed by atoms with Crippen molar-refractivity contribution in [1.29, 1.82) is 0 Å². The van der Waals surface area contributed by atoms with Crippen LogP contribution in [0.3, 0.4) is 0 Å². The third-order valence-electron chi connectivity index (χ3n) is 3.69. The molecular weight excluding hydrogens is 268 g/mol. The lowest BCUT2D eigenvalue weighted by atomic mass is 9.92. The highest BCUT2D eigenvalue weighted by atomic mass is 35.5. The number of nitrogens with zero attached hydrogens (tertiary/aromatic N) is 1. The summed E-state index contributed by atoms with van der Waals surface area (Å²) in [6.45, 7) is 0. The Labute approximate surface area is 118 Å². The average Bonchev–Trinajstić information content (AvgIpc) is 2.90. The maximum Gasteiger partial charge on any atom is 0.311 e. The Kier molecular flexibility index (Phi) is 5.57. The molecule has 2 rings (SSSR count). The van der Waals surface area contributed by atoms with Crippen LogP contribution in [0.1, 0.15) is 37.3 Å². The van der Waals surface area contributed by atoms with Gasteiger partial charge < -0.3 is 10.5 Å². The zero-order valence-electron chi connectivity index (χ0n) is 10.9. The number of nitrogens with two attached hydrogens (primary N) is 1. The summed E-state index contributed by atoms with van der Waals surface area (Å²) in [6.07, 6.45) is 4.63. The van der Waals surface area contributed by atoms with Crippen LogP contribution in [0, 0.1) is 16.0 Å². The van der Waals surface area contributed by atoms with E-state index in [1.54, 1.807) is 12.1 Å². The van der Waals surface area contributed by atoms with E-state index in [4.69, 9.17) is 10.5 Å². The van der Waals surface area contributed by atoms with E-state index in [9.17, 15) is 10.1 Å². The van der Waals surface area contributed by atoms with Gasteiger partial charge >= 0.3 is 5.69 Å². The van der Waals surface area contributed by atoms with Gasteiger partial charge in [0.2, 0.25) is 0 Å². The summed E-state index contributed by atoms with van der Waals surface area (Å²) < 4.78 is 4.98. The van der Waals surface area contributed by atoms with Crippen molar-refractivity contribution in [2.75, 3.05) is 7.11 Å². The second-order valence-electron chi connectivity index (χ2n) is 4.76. The molecule has 0 heterocycles. The maximum atomic E-state index is 11.0. The molecule has 6 heteroatoms. The van der Waals surface area contributed by atoms with Gasteiger partial charge in [0.1, 0.15) is 0 Å². The number of nitro benzene ring substituents is 1. The molecule has 0 aromatic heterocycles. The number of benzene rings is 1. The molecule has 0 bridgehead atoms. The zero-order valence-corrected chi connectivity index (χ0v) is 11.7. The van der Waals surface area contributed by atoms with E-state index in [-0.39, 0.29) is 29.9 Å². The minimum absolute atomic E-state index is 0. The molecule has 106 valence electrons. The van der Waals surface area contributed by atoms with E-state index < -0.39 is 4.92 Å². The summed E-state index contributed by atoms with van der Waals surface area (Å²) in [5.74, 6) is 0.723. The molecule has 1 atom stereocenters. The van der Waals surface area contributed by atoms with E-state index in [0.717, 1.165) is 18.4 Å². The number of halogens is 1. The van der Waals surface area contributed by atoms with Gasteiger partial charge in [-0.15, -0.1) is 12.4 Å². The Morgan fingerprint density at radius 3 is 2.58 bits per heavy atom. The monoisotopic (exact) mass is 286 g/mol. The van der Waals surface area contributed by atoms with Crippen molar-refractivity contribution in [3.63, 3.8) is 0 Å². The van der Waals surface area contributed by atoms with Crippen molar-refractivity contribution >= 4 is 18.1 Å². The van der Waals surface area contributed by atoms with E-state index in [1.807, 2.05) is 6.07 Å². The molecule has 5 nitrogen and oxygen atoms in total. The Bertz CT molecular complexity index is 448. The van der Waals surface area contributed by atoms with Gasteiger partial charge in [-0.1, -0.05) is 18.9 Å². The number of methoxy groups -OCH3 is 1. The van der Waals surface area contributed by atoms with Gasteiger partial charge in [0.15, 0.2) is 5.75 Å². The predicted molar refractivity (Wildman–Crippen MR) is 75.8 cm³/mol. The van der Waals surface area contributed by atoms with Gasteiger partial charge in [-0.3, -0.25) is 10.1 Å². The van der Waals surface area contributed by atoms with Gasteiger partial charge in [0.25, 0.3) is 0 Å². The first kappa shape index (κ1) is 15.7. The van der Waals surface area contributed by atoms with Crippen molar-refractivity contribution in [3.8, 4) is 5.75 Å². The lowest BCUT2D eigenvalue weighted by molar-refractivity contribution is -0.385. The zero-order chi connectivity index (χ0) is 13.1. The summed E-state index contributed by atoms with van der Waals surface area (Å²) in [7, 11) is 1.43. The molecule has 0 amide bonds. The average molecular weight is 287 g/mol. The van der Waals surface area contributed by atoms with Crippen LogP contribution in [-0.2, 0) is 0 Å². The van der Waals surface area contributed by atoms with E-state index in [0.29, 0.717) is 5.92 Å². The van der Waals surface area contributed by atoms with Crippen LogP contribution in [0.2, 0.25) is 0 Å². The standard InChI is InChI=1S/C13H18N2O3.ClH/c1-18-12-7-6-10(8-11(12)15(16)17)13(14)9-4-2-3-5-9;/h6-9,13H,2-5,14H2,1H3;1H/t13-;/m0./s1. The third-order valence-corrected chi connectivity index (χ3v) is 3.69. The highest BCUT2D eigenvalue weighted by Crippen LogP contribution is 2.37. The predicted octanol–water partition coefficient (Wildman–Crippen LogP) is 3.22. The Morgan fingerprint density at radius 1 is 1.42 bits per heavy atom. The van der Waals surface area contributed by atoms with Crippen LogP contribution in [0.15, 0.2) is 18.2 Å². The summed E-state index contributed by atoms with van der Waals surface area (Å²) in [5, 5.41) is 11.0. The molecule has 1 fully saturated rings. The lowest BCUT2D eigenvalue weighted by Gasteiger charge is -2.19. The Hall–Kier alpha value is -1.33. The normalized spacial score (nSPS) is 16.7. The molecule has 0 radical (unpaired) electrons. The van der Waals surface area contributed by atoms with Crippen LogP contribution >= 0.6 is 12.4 Å². The largest absolute Gasteiger partial charge is 0.490 e. The Balaban J connectivity index is 0.00000180. The SMILES string of the molecule is COc1ccc([C@@H](N)C2CCCC2)cc1[N+](=O)[O-].Cl. The fourth-order valence-electron chi connectivity index (χ4n) is 2.65. The van der Waals surface area contributed by atoms with Gasteiger partial charge in [-0.2, -0.15) is 0 Å². The van der Waals surface area contributed by atoms with Crippen LogP contribution in [0.25, 0.3) is 0 Å². The molecule has 1 aliphatic rings. The fraction of sp³-hybridized carbons (Fsp3) is 0.538. The fourth-order valence-corrected chi connectivity index (χ4v) is 2.65. The number of hydrogen-bond donors (Lipinski definition) is 1. The second-order valence-corrected chi connectivity index (χ2v) is 4.76. The molecule has 0 saturated heterocycles. The first-order chi connectivity index (χ1) is 8.63. The number of hydrogen-bond acceptors (Lipinski definition) is 4. The maximum absolute atomic E-state index is 11.0. The molecule has 1 aliphatic carbocycles. The van der Waals surface area contributed by atoms with E-state index in [1.165, 1.54) is 20.0 Å². The van der Waals surface area contributed by atoms with Gasteiger partial charge in [0.05, 0.1) is 12.0 Å². The van der Waals surface area contributed by atoms with Gasteiger partial charge in [-0.25, -0.2) is 0 Å². The Morgan fingerprint density at radius 2 is 2.05 bits per heavy atom. The topological polar surface area (TPSA) is 78.4 Å². The summed E-state index contributed by atoms with van der Waals surface area (Å²) in [6, 6.07) is 4.89. The second kappa shape index (κ2) is 6.73. The molecule has 2 N–H and O–H groups in total. The molecule has 0 aliphatic heterocycles. The molecule has 19 heavy (non-hydrogen) atoms. The van der Waals surface area contributed by atoms with Gasteiger partial charge in [-0.05, 0) is 30.4 Å². The molecule has 1 aromatic rings. The smallest absolute Gasteiger partial charge is 0.311 e. The minimum atomic E-state index is -0.427. The molecule has 1 saturated carbocycles. The first-order valence-corrected chi connectivity index (χ1v) is 6.21. The molecule has 0 unspecified atom stereocenters. The number of nitro groups is 1. The highest BCUT2D eigenvalue weighted by molar-refractivity contribution is 5.85. The van der Waals surface area contributed by atoms with Crippen molar-refractivity contribution in [1.82, 2.24) is 0 Å². The summed E-state index contributed by atoms with van der Waals surface area (Å²) >= 11 is 0. The number of rotatable bonds is 4. The van der Waals surface area contributed by atoms with Crippen LogP contribution < -0.4 is 10.5 Å². The lowest BCUT2D eigenvalue weighted by Crippen LogP contribution is -2.19. The van der Waals surface area contributed by atoms with Crippen molar-refractivity contribution < 1.29 is 9.66 Å². The quantitative estimate of drug-likeness (QED) is 0.681. The number of ether oxygens (including phenoxy) is 1. The van der Waals surface area contributed by atoms with E-state index in [2.05, 4.69) is 0 Å². The van der Waals surface area contributed by atoms with Crippen molar-refractivity contribution in [3.05, 3.63) is 33.9 Å². The summed E-state index contributed by atoms with van der Waals surface area (Å²) in [5.41, 5.74) is 7.01. The summed E-state index contributed by atoms with van der Waals surface area (Å²) in [4.78, 5) is 10.5. The van der Waals surface area contributed by atoms with Gasteiger partial charge in [0, 0.05) is 12.1 Å². The third kappa shape index (κ3) is 3.36.